The van der Waals surface area contributed by atoms with Crippen LogP contribution in [0, 0.1) is 13.8 Å². The number of benzene rings is 1. The maximum absolute atomic E-state index is 12.2. The Morgan fingerprint density at radius 2 is 1.95 bits per heavy atom. The molecule has 0 radical (unpaired) electrons. The van der Waals surface area contributed by atoms with Crippen LogP contribution in [-0.2, 0) is 0 Å². The van der Waals surface area contributed by atoms with E-state index in [0.717, 1.165) is 9.75 Å². The molecule has 1 amide bonds. The van der Waals surface area contributed by atoms with Crippen LogP contribution in [0.4, 0.5) is 5.69 Å². The molecule has 20 heavy (non-hydrogen) atoms. The van der Waals surface area contributed by atoms with Crippen LogP contribution in [0.15, 0.2) is 24.3 Å². The molecule has 0 unspecified atom stereocenters. The number of aryl methyl sites for hydroxylation is 2. The molecule has 104 valence electrons. The minimum absolute atomic E-state index is 0.0320. The molecule has 6 heteroatoms. The monoisotopic (exact) mass is 309 g/mol. The number of hydrogen-bond donors (Lipinski definition) is 2. The van der Waals surface area contributed by atoms with Crippen LogP contribution in [0.25, 0.3) is 0 Å². The van der Waals surface area contributed by atoms with E-state index in [1.807, 2.05) is 13.8 Å². The van der Waals surface area contributed by atoms with Crippen LogP contribution >= 0.6 is 22.9 Å². The van der Waals surface area contributed by atoms with Gasteiger partial charge in [0.2, 0.25) is 0 Å². The predicted octanol–water partition coefficient (Wildman–Crippen LogP) is 3.97. The van der Waals surface area contributed by atoms with Gasteiger partial charge in [0.05, 0.1) is 21.8 Å². The highest BCUT2D eigenvalue weighted by Crippen LogP contribution is 2.28. The molecule has 0 atom stereocenters. The summed E-state index contributed by atoms with van der Waals surface area (Å²) in [4.78, 5) is 25.3. The van der Waals surface area contributed by atoms with Crippen LogP contribution in [0.1, 0.15) is 30.5 Å². The molecule has 1 heterocycles. The molecule has 0 saturated heterocycles. The van der Waals surface area contributed by atoms with Crippen molar-refractivity contribution in [2.45, 2.75) is 13.8 Å². The summed E-state index contributed by atoms with van der Waals surface area (Å²) in [6.07, 6.45) is 0. The van der Waals surface area contributed by atoms with Gasteiger partial charge in [0.15, 0.2) is 0 Å². The summed E-state index contributed by atoms with van der Waals surface area (Å²) in [5, 5.41) is 11.9. The SMILES string of the molecule is Cc1cc(C(=O)Nc2c(Cl)cccc2C(=O)O)c(C)s1. The molecule has 1 aromatic carbocycles. The first kappa shape index (κ1) is 14.6. The zero-order valence-corrected chi connectivity index (χ0v) is 12.4. The third-order valence-electron chi connectivity index (χ3n) is 2.77. The van der Waals surface area contributed by atoms with E-state index < -0.39 is 5.97 Å². The lowest BCUT2D eigenvalue weighted by atomic mass is 10.1. The van der Waals surface area contributed by atoms with Crippen LogP contribution in [0.3, 0.4) is 0 Å². The summed E-state index contributed by atoms with van der Waals surface area (Å²) >= 11 is 7.49. The number of amides is 1. The van der Waals surface area contributed by atoms with Gasteiger partial charge in [-0.15, -0.1) is 11.3 Å². The van der Waals surface area contributed by atoms with Gasteiger partial charge in [-0.1, -0.05) is 17.7 Å². The highest BCUT2D eigenvalue weighted by Gasteiger charge is 2.18. The largest absolute Gasteiger partial charge is 0.478 e. The third-order valence-corrected chi connectivity index (χ3v) is 4.05. The number of halogens is 1. The normalized spacial score (nSPS) is 10.3. The second-order valence-electron chi connectivity index (χ2n) is 4.25. The average molecular weight is 310 g/mol. The first-order valence-corrected chi connectivity index (χ1v) is 6.99. The Bertz CT molecular complexity index is 694. The fourth-order valence-corrected chi connectivity index (χ4v) is 3.01. The number of rotatable bonds is 3. The Kier molecular flexibility index (Phi) is 4.11. The van der Waals surface area contributed by atoms with Crippen molar-refractivity contribution in [1.29, 1.82) is 0 Å². The third kappa shape index (κ3) is 2.84. The van der Waals surface area contributed by atoms with Crippen LogP contribution < -0.4 is 5.32 Å². The van der Waals surface area contributed by atoms with E-state index >= 15 is 0 Å². The molecule has 0 fully saturated rings. The number of carbonyl (C=O) groups excluding carboxylic acids is 1. The molecule has 4 nitrogen and oxygen atoms in total. The lowest BCUT2D eigenvalue weighted by Gasteiger charge is -2.10. The summed E-state index contributed by atoms with van der Waals surface area (Å²) in [5.74, 6) is -1.50. The van der Waals surface area contributed by atoms with Crippen molar-refractivity contribution in [3.8, 4) is 0 Å². The first-order valence-electron chi connectivity index (χ1n) is 5.80. The fraction of sp³-hybridized carbons (Fsp3) is 0.143. The second kappa shape index (κ2) is 5.64. The van der Waals surface area contributed by atoms with Gasteiger partial charge < -0.3 is 10.4 Å². The Hall–Kier alpha value is -1.85. The quantitative estimate of drug-likeness (QED) is 0.901. The summed E-state index contributed by atoms with van der Waals surface area (Å²) < 4.78 is 0. The van der Waals surface area contributed by atoms with Gasteiger partial charge in [-0.05, 0) is 32.0 Å². The molecule has 0 spiro atoms. The number of aromatic carboxylic acids is 1. The number of carboxylic acid groups (broad SMARTS) is 1. The molecule has 0 aliphatic rings. The Morgan fingerprint density at radius 1 is 1.25 bits per heavy atom. The molecule has 2 N–H and O–H groups in total. The predicted molar refractivity (Wildman–Crippen MR) is 80.2 cm³/mol. The van der Waals surface area contributed by atoms with Crippen molar-refractivity contribution >= 4 is 40.5 Å². The molecule has 2 rings (SSSR count). The van der Waals surface area contributed by atoms with E-state index in [-0.39, 0.29) is 22.2 Å². The van der Waals surface area contributed by atoms with E-state index in [1.54, 1.807) is 6.07 Å². The molecular formula is C14H12ClNO3S. The molecule has 0 saturated carbocycles. The number of hydrogen-bond acceptors (Lipinski definition) is 3. The van der Waals surface area contributed by atoms with Crippen LogP contribution in [0.5, 0.6) is 0 Å². The van der Waals surface area contributed by atoms with Gasteiger partial charge in [0.1, 0.15) is 0 Å². The van der Waals surface area contributed by atoms with E-state index in [0.29, 0.717) is 5.56 Å². The van der Waals surface area contributed by atoms with Crippen LogP contribution in [-0.4, -0.2) is 17.0 Å². The van der Waals surface area contributed by atoms with E-state index in [2.05, 4.69) is 5.32 Å². The molecule has 0 aliphatic carbocycles. The van der Waals surface area contributed by atoms with Gasteiger partial charge in [-0.25, -0.2) is 4.79 Å². The maximum Gasteiger partial charge on any atom is 0.337 e. The lowest BCUT2D eigenvalue weighted by Crippen LogP contribution is -2.15. The highest BCUT2D eigenvalue weighted by molar-refractivity contribution is 7.12. The fourth-order valence-electron chi connectivity index (χ4n) is 1.87. The molecule has 0 aliphatic heterocycles. The Balaban J connectivity index is 2.37. The minimum atomic E-state index is -1.14. The van der Waals surface area contributed by atoms with E-state index in [1.165, 1.54) is 29.5 Å². The van der Waals surface area contributed by atoms with Gasteiger partial charge in [0.25, 0.3) is 5.91 Å². The number of thiophene rings is 1. The lowest BCUT2D eigenvalue weighted by molar-refractivity contribution is 0.0698. The zero-order chi connectivity index (χ0) is 14.9. The van der Waals surface area contributed by atoms with Crippen molar-refractivity contribution in [2.75, 3.05) is 5.32 Å². The Labute approximate surface area is 125 Å². The standard InChI is InChI=1S/C14H12ClNO3S/c1-7-6-10(8(2)20-7)13(17)16-12-9(14(18)19)4-3-5-11(12)15/h3-6H,1-2H3,(H,16,17)(H,18,19). The number of para-hydroxylation sites is 1. The molecule has 0 bridgehead atoms. The van der Waals surface area contributed by atoms with Crippen molar-refractivity contribution in [3.05, 3.63) is 50.2 Å². The first-order chi connectivity index (χ1) is 9.40. The topological polar surface area (TPSA) is 66.4 Å². The van der Waals surface area contributed by atoms with E-state index in [4.69, 9.17) is 16.7 Å². The van der Waals surface area contributed by atoms with Crippen molar-refractivity contribution in [1.82, 2.24) is 0 Å². The van der Waals surface area contributed by atoms with Gasteiger partial charge in [-0.3, -0.25) is 4.79 Å². The average Bonchev–Trinajstić information content (AvgIpc) is 2.70. The number of carboxylic acids is 1. The highest BCUT2D eigenvalue weighted by atomic mass is 35.5. The molecular weight excluding hydrogens is 298 g/mol. The second-order valence-corrected chi connectivity index (χ2v) is 6.12. The van der Waals surface area contributed by atoms with Gasteiger partial charge >= 0.3 is 5.97 Å². The van der Waals surface area contributed by atoms with Gasteiger partial charge in [-0.2, -0.15) is 0 Å². The summed E-state index contributed by atoms with van der Waals surface area (Å²) in [5.41, 5.74) is 0.620. The van der Waals surface area contributed by atoms with Gasteiger partial charge in [0, 0.05) is 9.75 Å². The summed E-state index contributed by atoms with van der Waals surface area (Å²) in [6, 6.07) is 6.24. The smallest absolute Gasteiger partial charge is 0.337 e. The molecule has 2 aromatic rings. The van der Waals surface area contributed by atoms with E-state index in [9.17, 15) is 9.59 Å². The van der Waals surface area contributed by atoms with Crippen molar-refractivity contribution in [3.63, 3.8) is 0 Å². The van der Waals surface area contributed by atoms with Crippen LogP contribution in [0.2, 0.25) is 5.02 Å². The van der Waals surface area contributed by atoms with Crippen molar-refractivity contribution < 1.29 is 14.7 Å². The zero-order valence-electron chi connectivity index (χ0n) is 10.9. The molecule has 1 aromatic heterocycles. The maximum atomic E-state index is 12.2. The summed E-state index contributed by atoms with van der Waals surface area (Å²) in [7, 11) is 0. The Morgan fingerprint density at radius 3 is 2.50 bits per heavy atom. The summed E-state index contributed by atoms with van der Waals surface area (Å²) in [6.45, 7) is 3.75. The number of nitrogens with one attached hydrogen (secondary N) is 1. The number of anilines is 1. The number of carbonyl (C=O) groups is 2. The van der Waals surface area contributed by atoms with Crippen molar-refractivity contribution in [2.24, 2.45) is 0 Å². The minimum Gasteiger partial charge on any atom is -0.478 e.